The maximum Gasteiger partial charge on any atom is 0.276 e. The van der Waals surface area contributed by atoms with Crippen LogP contribution in [0.15, 0.2) is 55.0 Å². The number of hydrogen-bond acceptors (Lipinski definition) is 6. The van der Waals surface area contributed by atoms with Crippen molar-refractivity contribution in [3.8, 4) is 11.1 Å². The summed E-state index contributed by atoms with van der Waals surface area (Å²) >= 11 is 0. The Hall–Kier alpha value is -4.01. The Labute approximate surface area is 214 Å². The predicted octanol–water partition coefficient (Wildman–Crippen LogP) is 5.20. The van der Waals surface area contributed by atoms with E-state index < -0.39 is 5.67 Å². The van der Waals surface area contributed by atoms with Crippen molar-refractivity contribution in [3.05, 3.63) is 60.7 Å². The van der Waals surface area contributed by atoms with Crippen LogP contribution in [0.5, 0.6) is 0 Å². The number of halogens is 1. The van der Waals surface area contributed by atoms with Gasteiger partial charge >= 0.3 is 0 Å². The van der Waals surface area contributed by atoms with Gasteiger partial charge in [0.15, 0.2) is 5.69 Å². The lowest BCUT2D eigenvalue weighted by Crippen LogP contribution is -2.29. The number of hydrogen-bond donors (Lipinski definition) is 2. The van der Waals surface area contributed by atoms with E-state index in [2.05, 4.69) is 36.4 Å². The van der Waals surface area contributed by atoms with E-state index in [1.165, 1.54) is 19.3 Å². The number of amides is 1. The van der Waals surface area contributed by atoms with Crippen LogP contribution in [-0.4, -0.2) is 57.9 Å². The van der Waals surface area contributed by atoms with Gasteiger partial charge in [-0.3, -0.25) is 14.9 Å². The van der Waals surface area contributed by atoms with Crippen LogP contribution in [0.25, 0.3) is 22.0 Å². The van der Waals surface area contributed by atoms with Gasteiger partial charge < -0.3 is 15.1 Å². The molecular formula is C28H30FN7O. The monoisotopic (exact) mass is 499 g/mol. The molecule has 0 aliphatic carbocycles. The third-order valence-corrected chi connectivity index (χ3v) is 7.31. The molecule has 9 heteroatoms. The van der Waals surface area contributed by atoms with Gasteiger partial charge in [0.2, 0.25) is 0 Å². The van der Waals surface area contributed by atoms with Gasteiger partial charge in [-0.1, -0.05) is 6.07 Å². The lowest BCUT2D eigenvalue weighted by Gasteiger charge is -2.28. The quantitative estimate of drug-likeness (QED) is 0.392. The summed E-state index contributed by atoms with van der Waals surface area (Å²) in [5, 5.41) is 10.9. The lowest BCUT2D eigenvalue weighted by atomic mass is 10.0. The molecule has 2 aliphatic heterocycles. The van der Waals surface area contributed by atoms with Crippen LogP contribution in [0, 0.1) is 0 Å². The van der Waals surface area contributed by atoms with Gasteiger partial charge in [0.05, 0.1) is 35.8 Å². The molecule has 4 aromatic rings. The van der Waals surface area contributed by atoms with Gasteiger partial charge in [-0.25, -0.2) is 9.37 Å². The second-order valence-corrected chi connectivity index (χ2v) is 10.3. The molecular weight excluding hydrogens is 469 g/mol. The van der Waals surface area contributed by atoms with Crippen LogP contribution < -0.4 is 15.1 Å². The molecule has 190 valence electrons. The van der Waals surface area contributed by atoms with E-state index >= 15 is 0 Å². The van der Waals surface area contributed by atoms with E-state index in [0.717, 1.165) is 40.8 Å². The largest absolute Gasteiger partial charge is 0.370 e. The molecule has 1 unspecified atom stereocenters. The Kier molecular flexibility index (Phi) is 5.98. The van der Waals surface area contributed by atoms with Crippen molar-refractivity contribution in [2.75, 3.05) is 41.3 Å². The SMILES string of the molecule is CC1(F)CCN(c2ccc(NC(=O)c3n[nH]c4ccc(-c5cncc(N6CCCCC6)c5)cc34)cn2)C1. The molecule has 2 saturated heterocycles. The Balaban J connectivity index is 1.21. The number of rotatable bonds is 5. The van der Waals surface area contributed by atoms with Crippen molar-refractivity contribution in [2.24, 2.45) is 0 Å². The molecule has 1 amide bonds. The summed E-state index contributed by atoms with van der Waals surface area (Å²) in [4.78, 5) is 26.3. The number of nitrogens with zero attached hydrogens (tertiary/aromatic N) is 5. The Morgan fingerprint density at radius 3 is 2.62 bits per heavy atom. The van der Waals surface area contributed by atoms with E-state index in [0.29, 0.717) is 36.7 Å². The van der Waals surface area contributed by atoms with E-state index in [1.807, 2.05) is 35.5 Å². The molecule has 37 heavy (non-hydrogen) atoms. The van der Waals surface area contributed by atoms with E-state index in [-0.39, 0.29) is 5.91 Å². The highest BCUT2D eigenvalue weighted by atomic mass is 19.1. The fraction of sp³-hybridized carbons (Fsp3) is 0.357. The number of piperidine rings is 1. The molecule has 1 aromatic carbocycles. The van der Waals surface area contributed by atoms with Crippen molar-refractivity contribution in [2.45, 2.75) is 38.3 Å². The summed E-state index contributed by atoms with van der Waals surface area (Å²) in [6, 6.07) is 11.7. The molecule has 0 spiro atoms. The highest BCUT2D eigenvalue weighted by molar-refractivity contribution is 6.11. The first-order valence-electron chi connectivity index (χ1n) is 12.8. The van der Waals surface area contributed by atoms with Crippen LogP contribution in [0.2, 0.25) is 0 Å². The van der Waals surface area contributed by atoms with E-state index in [9.17, 15) is 9.18 Å². The zero-order valence-corrected chi connectivity index (χ0v) is 20.9. The minimum absolute atomic E-state index is 0.314. The summed E-state index contributed by atoms with van der Waals surface area (Å²) in [5.41, 5.74) is 3.57. The summed E-state index contributed by atoms with van der Waals surface area (Å²) < 4.78 is 14.2. The van der Waals surface area contributed by atoms with Crippen LogP contribution in [0.4, 0.5) is 21.6 Å². The van der Waals surface area contributed by atoms with E-state index in [1.54, 1.807) is 25.3 Å². The first kappa shape index (κ1) is 23.4. The Morgan fingerprint density at radius 2 is 1.86 bits per heavy atom. The van der Waals surface area contributed by atoms with Crippen molar-refractivity contribution in [3.63, 3.8) is 0 Å². The van der Waals surface area contributed by atoms with Gasteiger partial charge in [0.25, 0.3) is 5.91 Å². The van der Waals surface area contributed by atoms with Crippen LogP contribution in [0.1, 0.15) is 43.1 Å². The lowest BCUT2D eigenvalue weighted by molar-refractivity contribution is 0.102. The zero-order valence-electron chi connectivity index (χ0n) is 20.9. The van der Waals surface area contributed by atoms with Crippen molar-refractivity contribution in [1.29, 1.82) is 0 Å². The topological polar surface area (TPSA) is 90.0 Å². The summed E-state index contributed by atoms with van der Waals surface area (Å²) in [6.07, 6.45) is 9.55. The van der Waals surface area contributed by atoms with Crippen molar-refractivity contribution >= 4 is 34.0 Å². The standard InChI is InChI=1S/C28H30FN7O/c1-28(29)9-12-36(18-28)25-8-6-21(16-31-25)32-27(37)26-23-14-19(5-7-24(23)33-34-26)20-13-22(17-30-15-20)35-10-3-2-4-11-35/h5-8,13-17H,2-4,9-12,18H2,1H3,(H,32,37)(H,33,34). The van der Waals surface area contributed by atoms with Crippen molar-refractivity contribution in [1.82, 2.24) is 20.2 Å². The third kappa shape index (κ3) is 4.85. The average Bonchev–Trinajstić information content (AvgIpc) is 3.52. The molecule has 2 fully saturated rings. The van der Waals surface area contributed by atoms with E-state index in [4.69, 9.17) is 0 Å². The van der Waals surface area contributed by atoms with Crippen LogP contribution in [0.3, 0.4) is 0 Å². The summed E-state index contributed by atoms with van der Waals surface area (Å²) in [6.45, 7) is 4.68. The molecule has 2 aliphatic rings. The number of benzene rings is 1. The van der Waals surface area contributed by atoms with Crippen molar-refractivity contribution < 1.29 is 9.18 Å². The summed E-state index contributed by atoms with van der Waals surface area (Å²) in [5.74, 6) is 0.380. The predicted molar refractivity (Wildman–Crippen MR) is 144 cm³/mol. The molecule has 0 saturated carbocycles. The first-order valence-corrected chi connectivity index (χ1v) is 12.8. The fourth-order valence-corrected chi connectivity index (χ4v) is 5.23. The molecule has 3 aromatic heterocycles. The highest BCUT2D eigenvalue weighted by Crippen LogP contribution is 2.30. The second kappa shape index (κ2) is 9.46. The molecule has 8 nitrogen and oxygen atoms in total. The smallest absolute Gasteiger partial charge is 0.276 e. The maximum absolute atomic E-state index is 14.2. The minimum Gasteiger partial charge on any atom is -0.370 e. The normalized spacial score (nSPS) is 19.9. The first-order chi connectivity index (χ1) is 17.9. The average molecular weight is 500 g/mol. The van der Waals surface area contributed by atoms with Gasteiger partial charge in [-0.05, 0) is 62.1 Å². The fourth-order valence-electron chi connectivity index (χ4n) is 5.23. The highest BCUT2D eigenvalue weighted by Gasteiger charge is 2.34. The number of H-pyrrole nitrogens is 1. The molecule has 2 N–H and O–H groups in total. The number of aromatic amines is 1. The van der Waals surface area contributed by atoms with Gasteiger partial charge in [0.1, 0.15) is 11.5 Å². The zero-order chi connectivity index (χ0) is 25.4. The van der Waals surface area contributed by atoms with Crippen LogP contribution in [-0.2, 0) is 0 Å². The summed E-state index contributed by atoms with van der Waals surface area (Å²) in [7, 11) is 0. The van der Waals surface area contributed by atoms with Gasteiger partial charge in [0, 0.05) is 43.2 Å². The van der Waals surface area contributed by atoms with Gasteiger partial charge in [-0.2, -0.15) is 5.10 Å². The Morgan fingerprint density at radius 1 is 1.00 bits per heavy atom. The second-order valence-electron chi connectivity index (χ2n) is 10.3. The van der Waals surface area contributed by atoms with Crippen LogP contribution >= 0.6 is 0 Å². The Bertz CT molecular complexity index is 1430. The number of anilines is 3. The molecule has 5 heterocycles. The number of carbonyl (C=O) groups excluding carboxylic acids is 1. The van der Waals surface area contributed by atoms with Gasteiger partial charge in [-0.15, -0.1) is 0 Å². The maximum atomic E-state index is 14.2. The number of aromatic nitrogens is 4. The number of nitrogens with one attached hydrogen (secondary N) is 2. The minimum atomic E-state index is -1.20. The number of carbonyl (C=O) groups is 1. The third-order valence-electron chi connectivity index (χ3n) is 7.31. The molecule has 0 bridgehead atoms. The number of pyridine rings is 2. The molecule has 0 radical (unpaired) electrons. The molecule has 6 rings (SSSR count). The molecule has 1 atom stereocenters. The number of alkyl halides is 1. The number of fused-ring (bicyclic) bond motifs is 1.